The lowest BCUT2D eigenvalue weighted by molar-refractivity contribution is 0.155. The van der Waals surface area contributed by atoms with Crippen molar-refractivity contribution in [2.75, 3.05) is 0 Å². The maximum Gasteiger partial charge on any atom is 0.159 e. The Labute approximate surface area is 198 Å². The molecule has 4 rings (SSSR count). The van der Waals surface area contributed by atoms with Gasteiger partial charge in [-0.1, -0.05) is 63.6 Å². The monoisotopic (exact) mass is 454 g/mol. The number of rotatable bonds is 9. The van der Waals surface area contributed by atoms with Gasteiger partial charge in [-0.25, -0.2) is 8.78 Å². The summed E-state index contributed by atoms with van der Waals surface area (Å²) in [6.45, 7) is 2.54. The summed E-state index contributed by atoms with van der Waals surface area (Å²) >= 11 is 0. The van der Waals surface area contributed by atoms with Crippen LogP contribution in [0.25, 0.3) is 0 Å². The molecule has 2 aliphatic rings. The lowest BCUT2D eigenvalue weighted by atomic mass is 9.68. The molecule has 0 unspecified atom stereocenters. The molecule has 0 bridgehead atoms. The van der Waals surface area contributed by atoms with Gasteiger partial charge in [0.25, 0.3) is 0 Å². The highest BCUT2D eigenvalue weighted by Gasteiger charge is 2.31. The summed E-state index contributed by atoms with van der Waals surface area (Å²) in [5.74, 6) is 2.64. The van der Waals surface area contributed by atoms with Crippen molar-refractivity contribution in [2.45, 2.75) is 96.5 Å². The Bertz CT molecular complexity index is 863. The Balaban J connectivity index is 1.23. The van der Waals surface area contributed by atoms with E-state index in [1.54, 1.807) is 6.07 Å². The lowest BCUT2D eigenvalue weighted by Crippen LogP contribution is -2.25. The number of ether oxygens (including phenoxy) is 1. The number of benzene rings is 2. The molecule has 180 valence electrons. The summed E-state index contributed by atoms with van der Waals surface area (Å²) in [5, 5.41) is 0. The Morgan fingerprint density at radius 2 is 1.52 bits per heavy atom. The van der Waals surface area contributed by atoms with Crippen molar-refractivity contribution in [1.82, 2.24) is 0 Å². The van der Waals surface area contributed by atoms with E-state index >= 15 is 0 Å². The molecule has 0 heterocycles. The molecule has 2 aromatic carbocycles. The van der Waals surface area contributed by atoms with Gasteiger partial charge in [0.15, 0.2) is 11.6 Å². The third-order valence-electron chi connectivity index (χ3n) is 8.26. The Morgan fingerprint density at radius 3 is 2.21 bits per heavy atom. The van der Waals surface area contributed by atoms with Gasteiger partial charge in [0.2, 0.25) is 0 Å². The molecule has 0 radical (unpaired) electrons. The molecule has 3 heteroatoms. The second kappa shape index (κ2) is 12.0. The van der Waals surface area contributed by atoms with Crippen molar-refractivity contribution in [3.63, 3.8) is 0 Å². The average molecular weight is 455 g/mol. The Morgan fingerprint density at radius 1 is 0.788 bits per heavy atom. The smallest absolute Gasteiger partial charge is 0.159 e. The zero-order valence-corrected chi connectivity index (χ0v) is 20.2. The van der Waals surface area contributed by atoms with Crippen molar-refractivity contribution in [2.24, 2.45) is 17.8 Å². The zero-order chi connectivity index (χ0) is 23.0. The zero-order valence-electron chi connectivity index (χ0n) is 20.2. The maximum absolute atomic E-state index is 13.4. The molecule has 2 aliphatic carbocycles. The van der Waals surface area contributed by atoms with Crippen LogP contribution in [-0.4, -0.2) is 0 Å². The van der Waals surface area contributed by atoms with Crippen molar-refractivity contribution < 1.29 is 13.5 Å². The second-order valence-corrected chi connectivity index (χ2v) is 10.5. The summed E-state index contributed by atoms with van der Waals surface area (Å²) < 4.78 is 32.4. The van der Waals surface area contributed by atoms with Gasteiger partial charge in [-0.15, -0.1) is 0 Å². The molecule has 0 saturated heterocycles. The molecule has 2 aromatic rings. The number of halogens is 2. The van der Waals surface area contributed by atoms with E-state index in [9.17, 15) is 8.78 Å². The van der Waals surface area contributed by atoms with E-state index in [2.05, 4.69) is 25.1 Å². The molecular formula is C30H40F2O. The van der Waals surface area contributed by atoms with E-state index < -0.39 is 11.6 Å². The molecule has 0 aliphatic heterocycles. The molecule has 0 N–H and O–H groups in total. The standard InChI is InChI=1S/C30H40F2O/c1-2-3-4-6-22-9-12-24(13-10-22)25-14-16-26(17-15-25)27-7-5-8-28(20-27)33-21-23-11-18-29(31)30(32)19-23/h5,7-8,11,18-20,22,24-26H,2-4,6,9-10,12-17,21H2,1H3. The fourth-order valence-corrected chi connectivity index (χ4v) is 6.21. The summed E-state index contributed by atoms with van der Waals surface area (Å²) in [5.41, 5.74) is 2.00. The van der Waals surface area contributed by atoms with E-state index in [1.165, 1.54) is 88.7 Å². The van der Waals surface area contributed by atoms with Crippen molar-refractivity contribution in [3.05, 3.63) is 65.2 Å². The minimum Gasteiger partial charge on any atom is -0.489 e. The normalized spacial score (nSPS) is 25.7. The molecule has 1 nitrogen and oxygen atoms in total. The Kier molecular flexibility index (Phi) is 8.81. The van der Waals surface area contributed by atoms with Gasteiger partial charge in [-0.2, -0.15) is 0 Å². The van der Waals surface area contributed by atoms with Crippen LogP contribution in [0.1, 0.15) is 101 Å². The van der Waals surface area contributed by atoms with Crippen LogP contribution >= 0.6 is 0 Å². The van der Waals surface area contributed by atoms with Gasteiger partial charge in [-0.3, -0.25) is 0 Å². The van der Waals surface area contributed by atoms with E-state index in [4.69, 9.17) is 4.74 Å². The highest BCUT2D eigenvalue weighted by atomic mass is 19.2. The van der Waals surface area contributed by atoms with E-state index in [0.29, 0.717) is 11.5 Å². The SMILES string of the molecule is CCCCCC1CCC(C2CCC(c3cccc(OCc4ccc(F)c(F)c4)c3)CC2)CC1. The van der Waals surface area contributed by atoms with Gasteiger partial charge >= 0.3 is 0 Å². The second-order valence-electron chi connectivity index (χ2n) is 10.5. The maximum atomic E-state index is 13.4. The van der Waals surface area contributed by atoms with Gasteiger partial charge in [0.05, 0.1) is 0 Å². The highest BCUT2D eigenvalue weighted by molar-refractivity contribution is 5.31. The van der Waals surface area contributed by atoms with E-state index in [1.807, 2.05) is 6.07 Å². The first-order valence-corrected chi connectivity index (χ1v) is 13.3. The highest BCUT2D eigenvalue weighted by Crippen LogP contribution is 2.44. The van der Waals surface area contributed by atoms with Crippen LogP contribution in [0.4, 0.5) is 8.78 Å². The quantitative estimate of drug-likeness (QED) is 0.343. The lowest BCUT2D eigenvalue weighted by Gasteiger charge is -2.38. The van der Waals surface area contributed by atoms with E-state index in [0.717, 1.165) is 29.6 Å². The minimum absolute atomic E-state index is 0.245. The molecule has 33 heavy (non-hydrogen) atoms. The van der Waals surface area contributed by atoms with E-state index in [-0.39, 0.29) is 6.61 Å². The predicted octanol–water partition coefficient (Wildman–Crippen LogP) is 9.20. The van der Waals surface area contributed by atoms with Crippen molar-refractivity contribution in [3.8, 4) is 5.75 Å². The van der Waals surface area contributed by atoms with Crippen LogP contribution in [0.3, 0.4) is 0 Å². The van der Waals surface area contributed by atoms with Gasteiger partial charge in [-0.05, 0) is 97.6 Å². The summed E-state index contributed by atoms with van der Waals surface area (Å²) in [7, 11) is 0. The fourth-order valence-electron chi connectivity index (χ4n) is 6.21. The first kappa shape index (κ1) is 24.2. The number of unbranched alkanes of at least 4 members (excludes halogenated alkanes) is 2. The number of hydrogen-bond donors (Lipinski definition) is 0. The summed E-state index contributed by atoms with van der Waals surface area (Å²) in [6, 6.07) is 12.3. The van der Waals surface area contributed by atoms with Crippen LogP contribution in [0.15, 0.2) is 42.5 Å². The fraction of sp³-hybridized carbons (Fsp3) is 0.600. The molecule has 2 fully saturated rings. The molecule has 0 spiro atoms. The van der Waals surface area contributed by atoms with Crippen molar-refractivity contribution >= 4 is 0 Å². The first-order chi connectivity index (χ1) is 16.1. The molecule has 0 amide bonds. The van der Waals surface area contributed by atoms with Gasteiger partial charge in [0, 0.05) is 0 Å². The average Bonchev–Trinajstić information content (AvgIpc) is 2.86. The minimum atomic E-state index is -0.827. The van der Waals surface area contributed by atoms with Gasteiger partial charge < -0.3 is 4.74 Å². The number of hydrogen-bond acceptors (Lipinski definition) is 1. The molecular weight excluding hydrogens is 414 g/mol. The van der Waals surface area contributed by atoms with Gasteiger partial charge in [0.1, 0.15) is 12.4 Å². The van der Waals surface area contributed by atoms with Crippen LogP contribution in [0.5, 0.6) is 5.75 Å². The molecule has 0 atom stereocenters. The van der Waals surface area contributed by atoms with Crippen molar-refractivity contribution in [1.29, 1.82) is 0 Å². The summed E-state index contributed by atoms with van der Waals surface area (Å²) in [6.07, 6.45) is 16.7. The van der Waals surface area contributed by atoms with Crippen LogP contribution in [0.2, 0.25) is 0 Å². The van der Waals surface area contributed by atoms with Crippen LogP contribution < -0.4 is 4.74 Å². The molecule has 0 aromatic heterocycles. The third kappa shape index (κ3) is 6.80. The van der Waals surface area contributed by atoms with Crippen LogP contribution in [0, 0.1) is 29.4 Å². The largest absolute Gasteiger partial charge is 0.489 e. The first-order valence-electron chi connectivity index (χ1n) is 13.3. The third-order valence-corrected chi connectivity index (χ3v) is 8.26. The Hall–Kier alpha value is -1.90. The predicted molar refractivity (Wildman–Crippen MR) is 131 cm³/mol. The van der Waals surface area contributed by atoms with Crippen LogP contribution in [-0.2, 0) is 6.61 Å². The topological polar surface area (TPSA) is 9.23 Å². The summed E-state index contributed by atoms with van der Waals surface area (Å²) in [4.78, 5) is 0. The molecule has 2 saturated carbocycles.